The van der Waals surface area contributed by atoms with Crippen LogP contribution in [0.15, 0.2) is 24.3 Å². The van der Waals surface area contributed by atoms with E-state index in [1.807, 2.05) is 19.9 Å². The minimum absolute atomic E-state index is 0.209. The largest absolute Gasteiger partial charge is 0.478 e. The molecule has 1 aromatic heterocycles. The van der Waals surface area contributed by atoms with Crippen molar-refractivity contribution in [1.29, 1.82) is 0 Å². The van der Waals surface area contributed by atoms with E-state index in [2.05, 4.69) is 5.32 Å². The van der Waals surface area contributed by atoms with Crippen molar-refractivity contribution in [2.45, 2.75) is 27.2 Å². The van der Waals surface area contributed by atoms with Gasteiger partial charge in [-0.2, -0.15) is 0 Å². The lowest BCUT2D eigenvalue weighted by Crippen LogP contribution is -2.12. The molecule has 0 fully saturated rings. The maximum atomic E-state index is 12.2. The van der Waals surface area contributed by atoms with Crippen LogP contribution >= 0.6 is 11.3 Å². The lowest BCUT2D eigenvalue weighted by molar-refractivity contribution is 0.0695. The summed E-state index contributed by atoms with van der Waals surface area (Å²) in [6, 6.07) is 7.01. The first-order chi connectivity index (χ1) is 9.92. The van der Waals surface area contributed by atoms with Crippen molar-refractivity contribution in [1.82, 2.24) is 0 Å². The fourth-order valence-corrected chi connectivity index (χ4v) is 2.88. The smallest absolute Gasteiger partial charge is 0.336 e. The minimum Gasteiger partial charge on any atom is -0.478 e. The average Bonchev–Trinajstić information content (AvgIpc) is 2.91. The second kappa shape index (κ2) is 6.10. The third-order valence-corrected chi connectivity index (χ3v) is 4.62. The molecule has 2 aromatic rings. The molecule has 1 amide bonds. The number of carboxylic acid groups (broad SMARTS) is 1. The van der Waals surface area contributed by atoms with Crippen LogP contribution < -0.4 is 5.32 Å². The van der Waals surface area contributed by atoms with E-state index in [9.17, 15) is 14.7 Å². The predicted molar refractivity (Wildman–Crippen MR) is 84.5 cm³/mol. The van der Waals surface area contributed by atoms with E-state index in [0.29, 0.717) is 16.1 Å². The number of carbonyl (C=O) groups excluding carboxylic acids is 1. The first kappa shape index (κ1) is 15.3. The van der Waals surface area contributed by atoms with Gasteiger partial charge in [0.2, 0.25) is 0 Å². The molecule has 0 unspecified atom stereocenters. The van der Waals surface area contributed by atoms with Crippen LogP contribution in [0.3, 0.4) is 0 Å². The van der Waals surface area contributed by atoms with E-state index >= 15 is 0 Å². The monoisotopic (exact) mass is 303 g/mol. The SMILES string of the molecule is CCc1ccc(C(=O)Nc2cc(C)c(C)c(C(=O)O)c2)s1. The fraction of sp³-hybridized carbons (Fsp3) is 0.250. The van der Waals surface area contributed by atoms with E-state index in [4.69, 9.17) is 0 Å². The topological polar surface area (TPSA) is 66.4 Å². The Morgan fingerprint density at radius 1 is 1.24 bits per heavy atom. The number of hydrogen-bond donors (Lipinski definition) is 2. The van der Waals surface area contributed by atoms with Crippen molar-refractivity contribution in [3.63, 3.8) is 0 Å². The van der Waals surface area contributed by atoms with Crippen LogP contribution in [0.2, 0.25) is 0 Å². The van der Waals surface area contributed by atoms with Crippen molar-refractivity contribution in [3.8, 4) is 0 Å². The number of nitrogens with one attached hydrogen (secondary N) is 1. The highest BCUT2D eigenvalue weighted by atomic mass is 32.1. The van der Waals surface area contributed by atoms with Crippen molar-refractivity contribution in [2.75, 3.05) is 5.32 Å². The molecule has 5 heteroatoms. The molecule has 0 radical (unpaired) electrons. The molecule has 4 nitrogen and oxygen atoms in total. The molecule has 1 heterocycles. The molecule has 0 aliphatic carbocycles. The van der Waals surface area contributed by atoms with Crippen LogP contribution in [0, 0.1) is 13.8 Å². The Kier molecular flexibility index (Phi) is 4.43. The molecule has 21 heavy (non-hydrogen) atoms. The van der Waals surface area contributed by atoms with E-state index in [0.717, 1.165) is 16.9 Å². The summed E-state index contributed by atoms with van der Waals surface area (Å²) in [5.41, 5.74) is 2.27. The zero-order chi connectivity index (χ0) is 15.6. The highest BCUT2D eigenvalue weighted by molar-refractivity contribution is 7.14. The Labute approximate surface area is 127 Å². The number of thiophene rings is 1. The van der Waals surface area contributed by atoms with Crippen LogP contribution in [-0.4, -0.2) is 17.0 Å². The Morgan fingerprint density at radius 2 is 1.95 bits per heavy atom. The van der Waals surface area contributed by atoms with Crippen LogP contribution in [-0.2, 0) is 6.42 Å². The van der Waals surface area contributed by atoms with E-state index in [1.54, 1.807) is 19.1 Å². The third-order valence-electron chi connectivity index (χ3n) is 3.39. The highest BCUT2D eigenvalue weighted by Gasteiger charge is 2.14. The van der Waals surface area contributed by atoms with Gasteiger partial charge in [-0.1, -0.05) is 6.92 Å². The molecule has 110 valence electrons. The van der Waals surface area contributed by atoms with Gasteiger partial charge in [-0.05, 0) is 55.7 Å². The number of carbonyl (C=O) groups is 2. The van der Waals surface area contributed by atoms with Crippen LogP contribution in [0.5, 0.6) is 0 Å². The number of aryl methyl sites for hydroxylation is 2. The molecule has 0 atom stereocenters. The van der Waals surface area contributed by atoms with Gasteiger partial charge in [0.25, 0.3) is 5.91 Å². The molecular formula is C16H17NO3S. The summed E-state index contributed by atoms with van der Waals surface area (Å²) in [4.78, 5) is 25.2. The Balaban J connectivity index is 2.27. The maximum absolute atomic E-state index is 12.2. The summed E-state index contributed by atoms with van der Waals surface area (Å²) in [5, 5.41) is 12.0. The lowest BCUT2D eigenvalue weighted by atomic mass is 10.0. The number of benzene rings is 1. The summed E-state index contributed by atoms with van der Waals surface area (Å²) >= 11 is 1.45. The molecule has 1 aromatic carbocycles. The van der Waals surface area contributed by atoms with Gasteiger partial charge in [0.1, 0.15) is 0 Å². The molecule has 0 aliphatic heterocycles. The van der Waals surface area contributed by atoms with Crippen molar-refractivity contribution in [3.05, 3.63) is 50.7 Å². The zero-order valence-electron chi connectivity index (χ0n) is 12.2. The summed E-state index contributed by atoms with van der Waals surface area (Å²) in [6.45, 7) is 5.63. The van der Waals surface area contributed by atoms with Crippen molar-refractivity contribution >= 4 is 28.9 Å². The lowest BCUT2D eigenvalue weighted by Gasteiger charge is -2.10. The van der Waals surface area contributed by atoms with Gasteiger partial charge in [-0.15, -0.1) is 11.3 Å². The maximum Gasteiger partial charge on any atom is 0.336 e. The van der Waals surface area contributed by atoms with Crippen molar-refractivity contribution in [2.24, 2.45) is 0 Å². The van der Waals surface area contributed by atoms with Crippen LogP contribution in [0.25, 0.3) is 0 Å². The molecule has 2 rings (SSSR count). The molecular weight excluding hydrogens is 286 g/mol. The van der Waals surface area contributed by atoms with E-state index < -0.39 is 5.97 Å². The van der Waals surface area contributed by atoms with Gasteiger partial charge in [0.05, 0.1) is 10.4 Å². The van der Waals surface area contributed by atoms with E-state index in [-0.39, 0.29) is 11.5 Å². The van der Waals surface area contributed by atoms with Gasteiger partial charge < -0.3 is 10.4 Å². The van der Waals surface area contributed by atoms with Crippen LogP contribution in [0.1, 0.15) is 43.0 Å². The molecule has 0 bridgehead atoms. The molecule has 2 N–H and O–H groups in total. The fourth-order valence-electron chi connectivity index (χ4n) is 2.04. The average molecular weight is 303 g/mol. The Bertz CT molecular complexity index is 704. The quantitative estimate of drug-likeness (QED) is 0.900. The number of hydrogen-bond acceptors (Lipinski definition) is 3. The summed E-state index contributed by atoms with van der Waals surface area (Å²) < 4.78 is 0. The van der Waals surface area contributed by atoms with Gasteiger partial charge in [0.15, 0.2) is 0 Å². The number of anilines is 1. The van der Waals surface area contributed by atoms with E-state index in [1.165, 1.54) is 17.4 Å². The van der Waals surface area contributed by atoms with Gasteiger partial charge >= 0.3 is 5.97 Å². The number of carboxylic acids is 1. The number of amides is 1. The second-order valence-electron chi connectivity index (χ2n) is 4.84. The summed E-state index contributed by atoms with van der Waals surface area (Å²) in [7, 11) is 0. The second-order valence-corrected chi connectivity index (χ2v) is 6.01. The molecule has 0 saturated heterocycles. The number of aromatic carboxylic acids is 1. The molecule has 0 aliphatic rings. The summed E-state index contributed by atoms with van der Waals surface area (Å²) in [5.74, 6) is -1.20. The first-order valence-corrected chi connectivity index (χ1v) is 7.48. The molecule has 0 saturated carbocycles. The predicted octanol–water partition coefficient (Wildman–Crippen LogP) is 3.88. The zero-order valence-corrected chi connectivity index (χ0v) is 13.0. The van der Waals surface area contributed by atoms with Gasteiger partial charge in [0, 0.05) is 10.6 Å². The standard InChI is InChI=1S/C16H17NO3S/c1-4-12-5-6-14(21-12)15(18)17-11-7-9(2)10(3)13(8-11)16(19)20/h5-8H,4H2,1-3H3,(H,17,18)(H,19,20). The normalized spacial score (nSPS) is 10.4. The molecule has 0 spiro atoms. The highest BCUT2D eigenvalue weighted by Crippen LogP contribution is 2.22. The van der Waals surface area contributed by atoms with Gasteiger partial charge in [-0.3, -0.25) is 4.79 Å². The minimum atomic E-state index is -0.990. The Hall–Kier alpha value is -2.14. The number of rotatable bonds is 4. The van der Waals surface area contributed by atoms with Gasteiger partial charge in [-0.25, -0.2) is 4.79 Å². The Morgan fingerprint density at radius 3 is 2.52 bits per heavy atom. The summed E-state index contributed by atoms with van der Waals surface area (Å²) in [6.07, 6.45) is 0.894. The third kappa shape index (κ3) is 3.31. The van der Waals surface area contributed by atoms with Crippen molar-refractivity contribution < 1.29 is 14.7 Å². The van der Waals surface area contributed by atoms with Crippen LogP contribution in [0.4, 0.5) is 5.69 Å². The first-order valence-electron chi connectivity index (χ1n) is 6.67.